The van der Waals surface area contributed by atoms with E-state index in [1.807, 2.05) is 6.92 Å². The third kappa shape index (κ3) is 6.10. The second-order valence-corrected chi connectivity index (χ2v) is 8.42. The number of aliphatic imine (C=N–C) groups is 1. The van der Waals surface area contributed by atoms with E-state index in [0.717, 1.165) is 25.7 Å². The molecule has 0 fully saturated rings. The number of carbonyl (C=O) groups excluding carboxylic acids is 1. The molecule has 1 amide bonds. The lowest BCUT2D eigenvalue weighted by Gasteiger charge is -2.19. The first-order valence-corrected chi connectivity index (χ1v) is 10.1. The van der Waals surface area contributed by atoms with Crippen LogP contribution in [-0.2, 0) is 14.8 Å². The van der Waals surface area contributed by atoms with Crippen LogP contribution in [-0.4, -0.2) is 61.4 Å². The monoisotopic (exact) mass is 346 g/mol. The van der Waals surface area contributed by atoms with Crippen molar-refractivity contribution in [3.63, 3.8) is 0 Å². The first kappa shape index (κ1) is 19.9. The predicted octanol–water partition coefficient (Wildman–Crippen LogP) is 1.01. The minimum atomic E-state index is -3.12. The van der Waals surface area contributed by atoms with Gasteiger partial charge in [-0.15, -0.1) is 0 Å². The van der Waals surface area contributed by atoms with Gasteiger partial charge in [-0.05, 0) is 25.2 Å². The van der Waals surface area contributed by atoms with Gasteiger partial charge in [0.25, 0.3) is 5.91 Å². The average molecular weight is 346 g/mol. The van der Waals surface area contributed by atoms with E-state index in [4.69, 9.17) is 5.73 Å². The van der Waals surface area contributed by atoms with Crippen LogP contribution < -0.4 is 5.73 Å². The fraction of sp³-hybridized carbons (Fsp3) is 0.867. The molecule has 1 aliphatic heterocycles. The summed E-state index contributed by atoms with van der Waals surface area (Å²) in [6.07, 6.45) is 4.35. The van der Waals surface area contributed by atoms with Crippen LogP contribution in [0.5, 0.6) is 0 Å². The molecule has 8 heteroatoms. The number of unbranched alkanes of at least 4 members (excludes halogenated alkanes) is 2. The molecule has 0 spiro atoms. The highest BCUT2D eigenvalue weighted by molar-refractivity contribution is 7.88. The average Bonchev–Trinajstić information content (AvgIpc) is 2.67. The molecule has 1 unspecified atom stereocenters. The molecule has 0 saturated carbocycles. The summed E-state index contributed by atoms with van der Waals surface area (Å²) in [4.78, 5) is 18.0. The molecule has 1 rings (SSSR count). The summed E-state index contributed by atoms with van der Waals surface area (Å²) in [5, 5.41) is 0. The number of carbonyl (C=O) groups is 1. The highest BCUT2D eigenvalue weighted by Gasteiger charge is 2.32. The van der Waals surface area contributed by atoms with Gasteiger partial charge in [0.05, 0.1) is 6.26 Å². The summed E-state index contributed by atoms with van der Waals surface area (Å²) in [5.74, 6) is 0.700. The van der Waals surface area contributed by atoms with E-state index < -0.39 is 10.0 Å². The maximum absolute atomic E-state index is 12.2. The van der Waals surface area contributed by atoms with Crippen LogP contribution >= 0.6 is 0 Å². The fourth-order valence-electron chi connectivity index (χ4n) is 2.70. The normalized spacial score (nSPS) is 19.0. The SMILES string of the molecule is CCN(CCCCCN1C(=O)C(CC(C)C)N=C1N)S(C)(=O)=O. The minimum Gasteiger partial charge on any atom is -0.369 e. The molecule has 0 bridgehead atoms. The Morgan fingerprint density at radius 1 is 1.30 bits per heavy atom. The van der Waals surface area contributed by atoms with Crippen molar-refractivity contribution in [2.75, 3.05) is 25.9 Å². The van der Waals surface area contributed by atoms with Crippen LogP contribution in [0.1, 0.15) is 46.5 Å². The Hall–Kier alpha value is -1.15. The molecule has 1 heterocycles. The molecular formula is C15H30N4O3S. The van der Waals surface area contributed by atoms with Gasteiger partial charge in [0.2, 0.25) is 10.0 Å². The van der Waals surface area contributed by atoms with E-state index in [-0.39, 0.29) is 11.9 Å². The van der Waals surface area contributed by atoms with E-state index >= 15 is 0 Å². The molecule has 134 valence electrons. The molecule has 0 saturated heterocycles. The van der Waals surface area contributed by atoms with Crippen molar-refractivity contribution < 1.29 is 13.2 Å². The third-order valence-corrected chi connectivity index (χ3v) is 5.30. The van der Waals surface area contributed by atoms with Crippen molar-refractivity contribution in [2.24, 2.45) is 16.6 Å². The van der Waals surface area contributed by atoms with E-state index in [0.29, 0.717) is 31.5 Å². The Morgan fingerprint density at radius 3 is 2.48 bits per heavy atom. The first-order chi connectivity index (χ1) is 10.7. The Kier molecular flexibility index (Phi) is 7.47. The van der Waals surface area contributed by atoms with Crippen LogP contribution in [0.3, 0.4) is 0 Å². The van der Waals surface area contributed by atoms with Gasteiger partial charge in [0.15, 0.2) is 5.96 Å². The molecular weight excluding hydrogens is 316 g/mol. The molecule has 7 nitrogen and oxygen atoms in total. The molecule has 0 aromatic rings. The second-order valence-electron chi connectivity index (χ2n) is 6.44. The van der Waals surface area contributed by atoms with Crippen molar-refractivity contribution in [1.29, 1.82) is 0 Å². The number of nitrogens with two attached hydrogens (primary N) is 1. The topological polar surface area (TPSA) is 96.1 Å². The number of amides is 1. The number of sulfonamides is 1. The highest BCUT2D eigenvalue weighted by Crippen LogP contribution is 2.17. The van der Waals surface area contributed by atoms with Gasteiger partial charge in [0.1, 0.15) is 6.04 Å². The fourth-order valence-corrected chi connectivity index (χ4v) is 3.63. The summed E-state index contributed by atoms with van der Waals surface area (Å²) in [5.41, 5.74) is 5.84. The molecule has 23 heavy (non-hydrogen) atoms. The molecule has 0 aromatic carbocycles. The zero-order valence-corrected chi connectivity index (χ0v) is 15.5. The van der Waals surface area contributed by atoms with Gasteiger partial charge in [-0.1, -0.05) is 27.2 Å². The Bertz CT molecular complexity index is 531. The van der Waals surface area contributed by atoms with E-state index in [9.17, 15) is 13.2 Å². The summed E-state index contributed by atoms with van der Waals surface area (Å²) >= 11 is 0. The van der Waals surface area contributed by atoms with Gasteiger partial charge in [-0.2, -0.15) is 0 Å². The summed E-state index contributed by atoms with van der Waals surface area (Å²) in [6, 6.07) is -0.337. The minimum absolute atomic E-state index is 0.0116. The van der Waals surface area contributed by atoms with Gasteiger partial charge >= 0.3 is 0 Å². The van der Waals surface area contributed by atoms with Gasteiger partial charge in [0, 0.05) is 19.6 Å². The van der Waals surface area contributed by atoms with Crippen molar-refractivity contribution in [1.82, 2.24) is 9.21 Å². The molecule has 0 radical (unpaired) electrons. The van der Waals surface area contributed by atoms with Crippen molar-refractivity contribution >= 4 is 21.9 Å². The Morgan fingerprint density at radius 2 is 1.96 bits per heavy atom. The first-order valence-electron chi connectivity index (χ1n) is 8.26. The Balaban J connectivity index is 2.34. The molecule has 1 atom stereocenters. The van der Waals surface area contributed by atoms with E-state index in [1.54, 1.807) is 4.90 Å². The van der Waals surface area contributed by atoms with Crippen molar-refractivity contribution in [2.45, 2.75) is 52.5 Å². The van der Waals surface area contributed by atoms with Gasteiger partial charge in [-0.25, -0.2) is 17.7 Å². The summed E-state index contributed by atoms with van der Waals surface area (Å²) in [7, 11) is -3.12. The van der Waals surface area contributed by atoms with Crippen LogP contribution in [0.25, 0.3) is 0 Å². The standard InChI is InChI=1S/C15H30N4O3S/c1-5-18(23(4,21)22)9-7-6-8-10-19-14(20)13(11-12(2)3)17-15(19)16/h12-13H,5-11H2,1-4H3,(H2,16,17). The number of nitrogens with zero attached hydrogens (tertiary/aromatic N) is 3. The lowest BCUT2D eigenvalue weighted by molar-refractivity contribution is -0.127. The van der Waals surface area contributed by atoms with Crippen LogP contribution in [0.4, 0.5) is 0 Å². The number of guanidine groups is 1. The van der Waals surface area contributed by atoms with Gasteiger partial charge in [-0.3, -0.25) is 9.69 Å². The molecule has 0 aromatic heterocycles. The zero-order valence-electron chi connectivity index (χ0n) is 14.7. The van der Waals surface area contributed by atoms with Gasteiger partial charge < -0.3 is 5.73 Å². The summed E-state index contributed by atoms with van der Waals surface area (Å²) in [6.45, 7) is 7.50. The lowest BCUT2D eigenvalue weighted by atomic mass is 10.0. The highest BCUT2D eigenvalue weighted by atomic mass is 32.2. The Labute approximate surface area is 140 Å². The molecule has 1 aliphatic rings. The zero-order chi connectivity index (χ0) is 17.6. The third-order valence-electron chi connectivity index (χ3n) is 3.92. The predicted molar refractivity (Wildman–Crippen MR) is 92.5 cm³/mol. The smallest absolute Gasteiger partial charge is 0.254 e. The second kappa shape index (κ2) is 8.63. The quantitative estimate of drug-likeness (QED) is 0.597. The maximum Gasteiger partial charge on any atom is 0.254 e. The van der Waals surface area contributed by atoms with Crippen molar-refractivity contribution in [3.8, 4) is 0 Å². The van der Waals surface area contributed by atoms with Crippen LogP contribution in [0.2, 0.25) is 0 Å². The summed E-state index contributed by atoms with van der Waals surface area (Å²) < 4.78 is 24.4. The number of hydrogen-bond donors (Lipinski definition) is 1. The van der Waals surface area contributed by atoms with Crippen molar-refractivity contribution in [3.05, 3.63) is 0 Å². The molecule has 0 aliphatic carbocycles. The van der Waals surface area contributed by atoms with E-state index in [1.165, 1.54) is 10.6 Å². The van der Waals surface area contributed by atoms with Crippen LogP contribution in [0.15, 0.2) is 4.99 Å². The lowest BCUT2D eigenvalue weighted by Crippen LogP contribution is -2.40. The molecule has 2 N–H and O–H groups in total. The number of rotatable bonds is 10. The van der Waals surface area contributed by atoms with Crippen LogP contribution in [0, 0.1) is 5.92 Å². The largest absolute Gasteiger partial charge is 0.369 e. The van der Waals surface area contributed by atoms with E-state index in [2.05, 4.69) is 18.8 Å². The number of hydrogen-bond acceptors (Lipinski definition) is 5. The maximum atomic E-state index is 12.2.